The van der Waals surface area contributed by atoms with Crippen molar-refractivity contribution < 1.29 is 4.79 Å². The SMILES string of the molecule is CN1CCCCC1CC(=O)NC(C)(C)c1nccc2c1cnn2C. The van der Waals surface area contributed by atoms with Gasteiger partial charge >= 0.3 is 0 Å². The molecule has 0 aromatic carbocycles. The molecule has 3 rings (SSSR count). The summed E-state index contributed by atoms with van der Waals surface area (Å²) >= 11 is 0. The van der Waals surface area contributed by atoms with Crippen LogP contribution in [0, 0.1) is 0 Å². The van der Waals surface area contributed by atoms with E-state index in [1.54, 1.807) is 6.20 Å². The molecule has 1 amide bonds. The number of amides is 1. The first-order valence-electron chi connectivity index (χ1n) is 8.67. The molecule has 0 spiro atoms. The summed E-state index contributed by atoms with van der Waals surface area (Å²) < 4.78 is 1.83. The van der Waals surface area contributed by atoms with E-state index in [1.165, 1.54) is 12.8 Å². The van der Waals surface area contributed by atoms with Gasteiger partial charge in [-0.1, -0.05) is 6.42 Å². The number of nitrogens with zero attached hydrogens (tertiary/aromatic N) is 4. The predicted octanol–water partition coefficient (Wildman–Crippen LogP) is 2.19. The predicted molar refractivity (Wildman–Crippen MR) is 94.6 cm³/mol. The third-order valence-electron chi connectivity index (χ3n) is 5.06. The van der Waals surface area contributed by atoms with Gasteiger partial charge in [0.1, 0.15) is 0 Å². The van der Waals surface area contributed by atoms with Gasteiger partial charge in [-0.3, -0.25) is 14.5 Å². The van der Waals surface area contributed by atoms with E-state index in [4.69, 9.17) is 0 Å². The molecule has 0 aliphatic carbocycles. The van der Waals surface area contributed by atoms with Crippen LogP contribution in [0.2, 0.25) is 0 Å². The maximum absolute atomic E-state index is 12.6. The number of hydrogen-bond donors (Lipinski definition) is 1. The van der Waals surface area contributed by atoms with Crippen LogP contribution in [0.3, 0.4) is 0 Å². The lowest BCUT2D eigenvalue weighted by Gasteiger charge is -2.33. The lowest BCUT2D eigenvalue weighted by atomic mass is 9.95. The van der Waals surface area contributed by atoms with Crippen LogP contribution in [0.1, 0.15) is 45.2 Å². The minimum Gasteiger partial charge on any atom is -0.346 e. The van der Waals surface area contributed by atoms with Crippen molar-refractivity contribution >= 4 is 16.8 Å². The fourth-order valence-electron chi connectivity index (χ4n) is 3.65. The van der Waals surface area contributed by atoms with E-state index in [-0.39, 0.29) is 5.91 Å². The van der Waals surface area contributed by atoms with Gasteiger partial charge in [-0.05, 0) is 46.3 Å². The number of hydrogen-bond acceptors (Lipinski definition) is 4. The van der Waals surface area contributed by atoms with Gasteiger partial charge in [-0.2, -0.15) is 5.10 Å². The first-order valence-corrected chi connectivity index (χ1v) is 8.67. The van der Waals surface area contributed by atoms with E-state index in [0.29, 0.717) is 12.5 Å². The van der Waals surface area contributed by atoms with Crippen molar-refractivity contribution in [3.63, 3.8) is 0 Å². The lowest BCUT2D eigenvalue weighted by Crippen LogP contribution is -2.45. The van der Waals surface area contributed by atoms with Gasteiger partial charge in [0, 0.05) is 31.1 Å². The van der Waals surface area contributed by atoms with Crippen LogP contribution in [-0.4, -0.2) is 45.2 Å². The highest BCUT2D eigenvalue weighted by atomic mass is 16.1. The van der Waals surface area contributed by atoms with E-state index in [0.717, 1.165) is 29.6 Å². The number of nitrogens with one attached hydrogen (secondary N) is 1. The van der Waals surface area contributed by atoms with Gasteiger partial charge in [-0.15, -0.1) is 0 Å². The van der Waals surface area contributed by atoms with E-state index in [9.17, 15) is 4.79 Å². The second-order valence-electron chi connectivity index (χ2n) is 7.37. The Kier molecular flexibility index (Phi) is 4.58. The molecule has 0 saturated carbocycles. The number of pyridine rings is 1. The normalized spacial score (nSPS) is 19.6. The smallest absolute Gasteiger partial charge is 0.222 e. The largest absolute Gasteiger partial charge is 0.346 e. The third-order valence-corrected chi connectivity index (χ3v) is 5.06. The van der Waals surface area contributed by atoms with Crippen LogP contribution in [0.25, 0.3) is 10.9 Å². The molecule has 130 valence electrons. The molecule has 24 heavy (non-hydrogen) atoms. The molecule has 6 nitrogen and oxygen atoms in total. The Morgan fingerprint density at radius 2 is 2.17 bits per heavy atom. The van der Waals surface area contributed by atoms with Crippen LogP contribution < -0.4 is 5.32 Å². The van der Waals surface area contributed by atoms with Crippen molar-refractivity contribution in [3.8, 4) is 0 Å². The molecule has 1 atom stereocenters. The molecule has 3 heterocycles. The molecule has 0 bridgehead atoms. The third kappa shape index (κ3) is 3.29. The minimum atomic E-state index is -0.535. The molecule has 1 aliphatic heterocycles. The number of fused-ring (bicyclic) bond motifs is 1. The molecule has 6 heteroatoms. The highest BCUT2D eigenvalue weighted by molar-refractivity contribution is 5.83. The van der Waals surface area contributed by atoms with E-state index in [1.807, 2.05) is 37.8 Å². The van der Waals surface area contributed by atoms with Gasteiger partial charge in [-0.25, -0.2) is 0 Å². The standard InChI is InChI=1S/C18H27N5O/c1-18(2,17-14-12-20-23(4)15(14)8-9-19-17)21-16(24)11-13-7-5-6-10-22(13)3/h8-9,12-13H,5-7,10-11H2,1-4H3,(H,21,24). The average Bonchev–Trinajstić information content (AvgIpc) is 2.90. The Hall–Kier alpha value is -1.95. The first kappa shape index (κ1) is 16.9. The molecular weight excluding hydrogens is 302 g/mol. The summed E-state index contributed by atoms with van der Waals surface area (Å²) in [6.07, 6.45) is 7.68. The van der Waals surface area contributed by atoms with Crippen molar-refractivity contribution in [1.29, 1.82) is 0 Å². The average molecular weight is 329 g/mol. The molecule has 2 aromatic rings. The zero-order valence-corrected chi connectivity index (χ0v) is 15.0. The summed E-state index contributed by atoms with van der Waals surface area (Å²) in [6, 6.07) is 2.29. The second kappa shape index (κ2) is 6.51. The molecule has 0 radical (unpaired) electrons. The van der Waals surface area contributed by atoms with Crippen LogP contribution in [0.15, 0.2) is 18.5 Å². The summed E-state index contributed by atoms with van der Waals surface area (Å²) in [5.74, 6) is 0.0847. The Bertz CT molecular complexity index is 736. The van der Waals surface area contributed by atoms with Crippen LogP contribution >= 0.6 is 0 Å². The molecule has 1 fully saturated rings. The summed E-state index contributed by atoms with van der Waals surface area (Å²) in [7, 11) is 4.02. The van der Waals surface area contributed by atoms with Crippen molar-refractivity contribution in [3.05, 3.63) is 24.2 Å². The van der Waals surface area contributed by atoms with E-state index >= 15 is 0 Å². The summed E-state index contributed by atoms with van der Waals surface area (Å²) in [5.41, 5.74) is 1.35. The van der Waals surface area contributed by atoms with Gasteiger partial charge in [0.2, 0.25) is 5.91 Å². The van der Waals surface area contributed by atoms with Gasteiger partial charge in [0.25, 0.3) is 0 Å². The van der Waals surface area contributed by atoms with Crippen molar-refractivity contribution in [2.24, 2.45) is 7.05 Å². The van der Waals surface area contributed by atoms with Crippen molar-refractivity contribution in [2.75, 3.05) is 13.6 Å². The maximum Gasteiger partial charge on any atom is 0.222 e. The monoisotopic (exact) mass is 329 g/mol. The number of carbonyl (C=O) groups excluding carboxylic acids is 1. The lowest BCUT2D eigenvalue weighted by molar-refractivity contribution is -0.124. The molecule has 1 unspecified atom stereocenters. The van der Waals surface area contributed by atoms with Crippen molar-refractivity contribution in [2.45, 2.75) is 51.1 Å². The number of aromatic nitrogens is 3. The minimum absolute atomic E-state index is 0.0847. The highest BCUT2D eigenvalue weighted by Crippen LogP contribution is 2.26. The van der Waals surface area contributed by atoms with Crippen molar-refractivity contribution in [1.82, 2.24) is 25.0 Å². The van der Waals surface area contributed by atoms with Crippen LogP contribution in [0.5, 0.6) is 0 Å². The fourth-order valence-corrected chi connectivity index (χ4v) is 3.65. The Morgan fingerprint density at radius 3 is 2.92 bits per heavy atom. The Balaban J connectivity index is 1.76. The first-order chi connectivity index (χ1) is 11.4. The van der Waals surface area contributed by atoms with E-state index < -0.39 is 5.54 Å². The number of likely N-dealkylation sites (tertiary alicyclic amines) is 1. The highest BCUT2D eigenvalue weighted by Gasteiger charge is 2.29. The van der Waals surface area contributed by atoms with Gasteiger partial charge in [0.15, 0.2) is 0 Å². The Morgan fingerprint density at radius 1 is 1.38 bits per heavy atom. The number of rotatable bonds is 4. The quantitative estimate of drug-likeness (QED) is 0.934. The molecular formula is C18H27N5O. The Labute approximate surface area is 143 Å². The summed E-state index contributed by atoms with van der Waals surface area (Å²) in [6.45, 7) is 5.09. The molecule has 2 aromatic heterocycles. The van der Waals surface area contributed by atoms with Gasteiger partial charge in [0.05, 0.1) is 22.9 Å². The van der Waals surface area contributed by atoms with Crippen LogP contribution in [-0.2, 0) is 17.4 Å². The maximum atomic E-state index is 12.6. The number of piperidine rings is 1. The zero-order chi connectivity index (χ0) is 17.3. The molecule has 1 saturated heterocycles. The summed E-state index contributed by atoms with van der Waals surface area (Å²) in [4.78, 5) is 19.4. The van der Waals surface area contributed by atoms with Crippen LogP contribution in [0.4, 0.5) is 0 Å². The van der Waals surface area contributed by atoms with E-state index in [2.05, 4.69) is 27.3 Å². The summed E-state index contributed by atoms with van der Waals surface area (Å²) in [5, 5.41) is 8.47. The molecule has 1 aliphatic rings. The zero-order valence-electron chi connectivity index (χ0n) is 15.0. The molecule has 1 N–H and O–H groups in total. The fraction of sp³-hybridized carbons (Fsp3) is 0.611. The topological polar surface area (TPSA) is 63.1 Å². The number of aryl methyl sites for hydroxylation is 1. The second-order valence-corrected chi connectivity index (χ2v) is 7.37. The van der Waals surface area contributed by atoms with Gasteiger partial charge < -0.3 is 10.2 Å². The number of carbonyl (C=O) groups is 1.